The molecule has 0 aromatic carbocycles. The molecule has 74 valence electrons. The smallest absolute Gasteiger partial charge is 0.331 e. The third-order valence-electron chi connectivity index (χ3n) is 1.78. The lowest BCUT2D eigenvalue weighted by molar-refractivity contribution is -0.135. The summed E-state index contributed by atoms with van der Waals surface area (Å²) in [6, 6.07) is 0. The van der Waals surface area contributed by atoms with Crippen molar-refractivity contribution in [1.29, 1.82) is 0 Å². The number of carboxylic acid groups (broad SMARTS) is 2. The molecule has 0 aliphatic rings. The molecule has 4 nitrogen and oxygen atoms in total. The molecule has 0 amide bonds. The van der Waals surface area contributed by atoms with E-state index in [-0.39, 0.29) is 11.1 Å². The summed E-state index contributed by atoms with van der Waals surface area (Å²) in [5, 5.41) is 17.1. The first-order chi connectivity index (χ1) is 5.99. The minimum Gasteiger partial charge on any atom is -0.478 e. The molecule has 0 heterocycles. The molecule has 0 spiro atoms. The van der Waals surface area contributed by atoms with Crippen molar-refractivity contribution in [3.63, 3.8) is 0 Å². The molecule has 0 aromatic heterocycles. The minimum absolute atomic E-state index is 0.0287. The van der Waals surface area contributed by atoms with Crippen molar-refractivity contribution in [1.82, 2.24) is 0 Å². The van der Waals surface area contributed by atoms with Crippen molar-refractivity contribution >= 4 is 22.2 Å². The maximum absolute atomic E-state index is 10.6. The van der Waals surface area contributed by atoms with E-state index in [9.17, 15) is 9.59 Å². The topological polar surface area (TPSA) is 74.6 Å². The predicted molar refractivity (Wildman–Crippen MR) is 52.0 cm³/mol. The second-order valence-electron chi connectivity index (χ2n) is 2.93. The Balaban J connectivity index is 4.60. The summed E-state index contributed by atoms with van der Waals surface area (Å²) in [7, 11) is 0.673. The van der Waals surface area contributed by atoms with E-state index in [1.165, 1.54) is 0 Å². The third kappa shape index (κ3) is 4.47. The van der Waals surface area contributed by atoms with Gasteiger partial charge in [0.25, 0.3) is 0 Å². The molecule has 0 aliphatic carbocycles. The van der Waals surface area contributed by atoms with Gasteiger partial charge in [0.2, 0.25) is 0 Å². The Kier molecular flexibility index (Phi) is 5.06. The van der Waals surface area contributed by atoms with Gasteiger partial charge in [0.1, 0.15) is 0 Å². The third-order valence-corrected chi connectivity index (χ3v) is 2.98. The van der Waals surface area contributed by atoms with Gasteiger partial charge in [0, 0.05) is 21.9 Å². The van der Waals surface area contributed by atoms with Crippen molar-refractivity contribution < 1.29 is 19.8 Å². The summed E-state index contributed by atoms with van der Waals surface area (Å²) in [6.07, 6.45) is 2.42. The highest BCUT2D eigenvalue weighted by atomic mass is 28.1. The van der Waals surface area contributed by atoms with Crippen LogP contribution in [0.4, 0.5) is 0 Å². The SMILES string of the molecule is CCCC([SiH3])/C(=C/C(=O)O)C(=O)O. The van der Waals surface area contributed by atoms with Gasteiger partial charge < -0.3 is 10.2 Å². The number of hydrogen-bond donors (Lipinski definition) is 2. The standard InChI is InChI=1S/C8H14O4Si/c1-2-3-6(13)5(8(11)12)4-7(9)10/h4,6H,2-3H2,1,13H3,(H,9,10)(H,11,12)/b5-4-. The second-order valence-corrected chi connectivity index (χ2v) is 4.33. The Morgan fingerprint density at radius 1 is 1.46 bits per heavy atom. The maximum Gasteiger partial charge on any atom is 0.331 e. The molecule has 1 unspecified atom stereocenters. The summed E-state index contributed by atoms with van der Waals surface area (Å²) in [5.74, 6) is -2.30. The average molecular weight is 202 g/mol. The van der Waals surface area contributed by atoms with Crippen molar-refractivity contribution in [3.05, 3.63) is 11.6 Å². The molecule has 0 aliphatic heterocycles. The molecule has 0 saturated carbocycles. The fraction of sp³-hybridized carbons (Fsp3) is 0.500. The van der Waals surface area contributed by atoms with Gasteiger partial charge >= 0.3 is 11.9 Å². The summed E-state index contributed by atoms with van der Waals surface area (Å²) >= 11 is 0. The normalized spacial score (nSPS) is 14.1. The Labute approximate surface area is 79.7 Å². The van der Waals surface area contributed by atoms with E-state index in [0.717, 1.165) is 18.9 Å². The second kappa shape index (κ2) is 5.53. The van der Waals surface area contributed by atoms with Crippen LogP contribution < -0.4 is 0 Å². The Morgan fingerprint density at radius 3 is 2.31 bits per heavy atom. The molecule has 1 atom stereocenters. The zero-order valence-corrected chi connectivity index (χ0v) is 9.78. The van der Waals surface area contributed by atoms with Crippen LogP contribution in [0.3, 0.4) is 0 Å². The van der Waals surface area contributed by atoms with Crippen molar-refractivity contribution in [2.24, 2.45) is 0 Å². The number of aliphatic carboxylic acids is 2. The Bertz CT molecular complexity index is 234. The van der Waals surface area contributed by atoms with Crippen LogP contribution in [0, 0.1) is 0 Å². The lowest BCUT2D eigenvalue weighted by Gasteiger charge is -2.09. The number of carbonyl (C=O) groups is 2. The summed E-state index contributed by atoms with van der Waals surface area (Å²) < 4.78 is 0. The first kappa shape index (κ1) is 11.9. The van der Waals surface area contributed by atoms with Crippen LogP contribution >= 0.6 is 0 Å². The molecule has 0 bridgehead atoms. The maximum atomic E-state index is 10.6. The van der Waals surface area contributed by atoms with Crippen LogP contribution in [0.5, 0.6) is 0 Å². The molecular weight excluding hydrogens is 188 g/mol. The zero-order valence-electron chi connectivity index (χ0n) is 7.78. The van der Waals surface area contributed by atoms with Gasteiger partial charge in [-0.05, 0) is 12.0 Å². The highest BCUT2D eigenvalue weighted by molar-refractivity contribution is 6.18. The van der Waals surface area contributed by atoms with Gasteiger partial charge in [-0.2, -0.15) is 0 Å². The number of rotatable bonds is 5. The average Bonchev–Trinajstić information content (AvgIpc) is 1.99. The Hall–Kier alpha value is -1.10. The van der Waals surface area contributed by atoms with Crippen LogP contribution in [0.1, 0.15) is 19.8 Å². The molecule has 13 heavy (non-hydrogen) atoms. The van der Waals surface area contributed by atoms with Crippen molar-refractivity contribution in [2.45, 2.75) is 25.3 Å². The van der Waals surface area contributed by atoms with Gasteiger partial charge in [0.05, 0.1) is 0 Å². The highest BCUT2D eigenvalue weighted by Crippen LogP contribution is 2.19. The fourth-order valence-corrected chi connectivity index (χ4v) is 2.13. The lowest BCUT2D eigenvalue weighted by atomic mass is 10.1. The molecule has 0 rings (SSSR count). The fourth-order valence-electron chi connectivity index (χ4n) is 1.14. The van der Waals surface area contributed by atoms with Gasteiger partial charge in [-0.1, -0.05) is 13.3 Å². The van der Waals surface area contributed by atoms with E-state index in [4.69, 9.17) is 10.2 Å². The van der Waals surface area contributed by atoms with Crippen molar-refractivity contribution in [2.75, 3.05) is 0 Å². The molecule has 0 saturated heterocycles. The molecule has 0 radical (unpaired) electrons. The quantitative estimate of drug-likeness (QED) is 0.487. The monoisotopic (exact) mass is 202 g/mol. The van der Waals surface area contributed by atoms with E-state index in [0.29, 0.717) is 10.2 Å². The zero-order chi connectivity index (χ0) is 10.4. The highest BCUT2D eigenvalue weighted by Gasteiger charge is 2.16. The van der Waals surface area contributed by atoms with Crippen molar-refractivity contribution in [3.8, 4) is 0 Å². The minimum atomic E-state index is -1.19. The first-order valence-corrected chi connectivity index (χ1v) is 5.32. The summed E-state index contributed by atoms with van der Waals surface area (Å²) in [5.41, 5.74) is -0.0420. The molecule has 0 aromatic rings. The van der Waals surface area contributed by atoms with E-state index in [1.54, 1.807) is 0 Å². The molecule has 2 N–H and O–H groups in total. The Morgan fingerprint density at radius 2 is 2.00 bits per heavy atom. The molecule has 0 fully saturated rings. The van der Waals surface area contributed by atoms with Gasteiger partial charge in [0.15, 0.2) is 0 Å². The number of hydrogen-bond acceptors (Lipinski definition) is 2. The van der Waals surface area contributed by atoms with Crippen LogP contribution in [-0.4, -0.2) is 32.4 Å². The van der Waals surface area contributed by atoms with Gasteiger partial charge in [-0.25, -0.2) is 9.59 Å². The first-order valence-electron chi connectivity index (χ1n) is 4.16. The van der Waals surface area contributed by atoms with Crippen LogP contribution in [0.15, 0.2) is 11.6 Å². The van der Waals surface area contributed by atoms with E-state index >= 15 is 0 Å². The summed E-state index contributed by atoms with van der Waals surface area (Å²) in [6.45, 7) is 1.95. The van der Waals surface area contributed by atoms with E-state index < -0.39 is 11.9 Å². The number of carboxylic acids is 2. The van der Waals surface area contributed by atoms with Crippen LogP contribution in [-0.2, 0) is 9.59 Å². The van der Waals surface area contributed by atoms with Crippen LogP contribution in [0.2, 0.25) is 5.54 Å². The molecular formula is C8H14O4Si. The van der Waals surface area contributed by atoms with E-state index in [1.807, 2.05) is 6.92 Å². The van der Waals surface area contributed by atoms with E-state index in [2.05, 4.69) is 0 Å². The van der Waals surface area contributed by atoms with Crippen LogP contribution in [0.25, 0.3) is 0 Å². The van der Waals surface area contributed by atoms with Gasteiger partial charge in [-0.15, -0.1) is 0 Å². The summed E-state index contributed by atoms with van der Waals surface area (Å²) in [4.78, 5) is 20.9. The predicted octanol–water partition coefficient (Wildman–Crippen LogP) is 0.0360. The molecule has 5 heteroatoms. The van der Waals surface area contributed by atoms with Gasteiger partial charge in [-0.3, -0.25) is 0 Å². The largest absolute Gasteiger partial charge is 0.478 e. The lowest BCUT2D eigenvalue weighted by Crippen LogP contribution is -2.10.